The zero-order chi connectivity index (χ0) is 9.10. The average Bonchev–Trinajstić information content (AvgIpc) is 2.71. The summed E-state index contributed by atoms with van der Waals surface area (Å²) in [5.41, 5.74) is 0. The first-order valence-electron chi connectivity index (χ1n) is 4.95. The van der Waals surface area contributed by atoms with Crippen LogP contribution < -0.4 is 5.32 Å². The van der Waals surface area contributed by atoms with Gasteiger partial charge in [-0.3, -0.25) is 0 Å². The quantitative estimate of drug-likeness (QED) is 0.757. The summed E-state index contributed by atoms with van der Waals surface area (Å²) in [6, 6.07) is 0.651. The minimum atomic E-state index is 0.651. The van der Waals surface area contributed by atoms with Gasteiger partial charge in [0.1, 0.15) is 12.2 Å². The number of nitrogens with zero attached hydrogens (tertiary/aromatic N) is 3. The van der Waals surface area contributed by atoms with Crippen LogP contribution in [0.2, 0.25) is 0 Å². The lowest BCUT2D eigenvalue weighted by molar-refractivity contribution is 0.490. The molecule has 0 bridgehead atoms. The van der Waals surface area contributed by atoms with E-state index in [0.29, 0.717) is 6.04 Å². The van der Waals surface area contributed by atoms with E-state index in [2.05, 4.69) is 20.1 Å². The molecule has 1 aliphatic rings. The third-order valence-corrected chi connectivity index (χ3v) is 2.70. The third-order valence-electron chi connectivity index (χ3n) is 2.70. The maximum absolute atomic E-state index is 4.10. The molecule has 13 heavy (non-hydrogen) atoms. The summed E-state index contributed by atoms with van der Waals surface area (Å²) in [6.45, 7) is 0.816. The van der Waals surface area contributed by atoms with Gasteiger partial charge in [-0.15, -0.1) is 10.2 Å². The molecule has 0 saturated heterocycles. The van der Waals surface area contributed by atoms with Gasteiger partial charge in [0, 0.05) is 6.04 Å². The molecule has 0 radical (unpaired) electrons. The summed E-state index contributed by atoms with van der Waals surface area (Å²) in [7, 11) is 1.94. The summed E-state index contributed by atoms with van der Waals surface area (Å²) in [5.74, 6) is 1.06. The van der Waals surface area contributed by atoms with Crippen LogP contribution in [0.1, 0.15) is 37.5 Å². The second-order valence-corrected chi connectivity index (χ2v) is 3.62. The van der Waals surface area contributed by atoms with Gasteiger partial charge >= 0.3 is 0 Å². The fourth-order valence-electron chi connectivity index (χ4n) is 2.04. The van der Waals surface area contributed by atoms with Crippen molar-refractivity contribution in [3.05, 3.63) is 12.2 Å². The molecule has 0 unspecified atom stereocenters. The first-order chi connectivity index (χ1) is 6.42. The number of hydrogen-bond acceptors (Lipinski definition) is 3. The zero-order valence-electron chi connectivity index (χ0n) is 8.03. The smallest absolute Gasteiger partial charge is 0.147 e. The summed E-state index contributed by atoms with van der Waals surface area (Å²) in [4.78, 5) is 0. The molecule has 0 amide bonds. The molecule has 1 N–H and O–H groups in total. The van der Waals surface area contributed by atoms with E-state index in [-0.39, 0.29) is 0 Å². The Balaban J connectivity index is 2.13. The Bertz CT molecular complexity index is 262. The Morgan fingerprint density at radius 3 is 3.00 bits per heavy atom. The second kappa shape index (κ2) is 3.87. The Morgan fingerprint density at radius 1 is 1.54 bits per heavy atom. The molecular formula is C9H16N4. The van der Waals surface area contributed by atoms with E-state index in [9.17, 15) is 0 Å². The molecule has 0 atom stereocenters. The van der Waals surface area contributed by atoms with Crippen LogP contribution in [0.25, 0.3) is 0 Å². The molecule has 1 aromatic rings. The van der Waals surface area contributed by atoms with E-state index in [4.69, 9.17) is 0 Å². The van der Waals surface area contributed by atoms with E-state index in [1.54, 1.807) is 0 Å². The normalized spacial score (nSPS) is 18.2. The Hall–Kier alpha value is -0.900. The first kappa shape index (κ1) is 8.69. The van der Waals surface area contributed by atoms with Crippen molar-refractivity contribution in [3.8, 4) is 0 Å². The molecule has 72 valence electrons. The monoisotopic (exact) mass is 180 g/mol. The van der Waals surface area contributed by atoms with Crippen LogP contribution in [0.5, 0.6) is 0 Å². The van der Waals surface area contributed by atoms with Crippen molar-refractivity contribution < 1.29 is 0 Å². The van der Waals surface area contributed by atoms with Crippen molar-refractivity contribution in [2.45, 2.75) is 38.3 Å². The maximum Gasteiger partial charge on any atom is 0.147 e. The molecule has 0 aromatic carbocycles. The van der Waals surface area contributed by atoms with Gasteiger partial charge in [0.05, 0.1) is 6.54 Å². The average molecular weight is 180 g/mol. The SMILES string of the molecule is CNCc1nncn1C1CCCC1. The minimum absolute atomic E-state index is 0.651. The summed E-state index contributed by atoms with van der Waals surface area (Å²) in [6.07, 6.45) is 7.13. The first-order valence-corrected chi connectivity index (χ1v) is 4.95. The van der Waals surface area contributed by atoms with Crippen LogP contribution in [-0.4, -0.2) is 21.8 Å². The predicted molar refractivity (Wildman–Crippen MR) is 50.3 cm³/mol. The molecule has 2 rings (SSSR count). The standard InChI is InChI=1S/C9H16N4/c1-10-6-9-12-11-7-13(9)8-4-2-3-5-8/h7-8,10H,2-6H2,1H3. The molecule has 1 saturated carbocycles. The highest BCUT2D eigenvalue weighted by Crippen LogP contribution is 2.29. The highest BCUT2D eigenvalue weighted by Gasteiger charge is 2.19. The lowest BCUT2D eigenvalue weighted by Gasteiger charge is -2.12. The fraction of sp³-hybridized carbons (Fsp3) is 0.778. The highest BCUT2D eigenvalue weighted by atomic mass is 15.3. The van der Waals surface area contributed by atoms with Crippen molar-refractivity contribution in [2.24, 2.45) is 0 Å². The van der Waals surface area contributed by atoms with E-state index in [0.717, 1.165) is 12.4 Å². The molecule has 1 aromatic heterocycles. The van der Waals surface area contributed by atoms with Gasteiger partial charge in [-0.05, 0) is 19.9 Å². The predicted octanol–water partition coefficient (Wildman–Crippen LogP) is 1.11. The Morgan fingerprint density at radius 2 is 2.31 bits per heavy atom. The molecular weight excluding hydrogens is 164 g/mol. The second-order valence-electron chi connectivity index (χ2n) is 3.62. The van der Waals surface area contributed by atoms with Crippen molar-refractivity contribution in [2.75, 3.05) is 7.05 Å². The van der Waals surface area contributed by atoms with Gasteiger partial charge in [-0.25, -0.2) is 0 Å². The summed E-state index contributed by atoms with van der Waals surface area (Å²) < 4.78 is 2.23. The Kier molecular flexibility index (Phi) is 2.59. The number of nitrogens with one attached hydrogen (secondary N) is 1. The van der Waals surface area contributed by atoms with Crippen LogP contribution in [0.4, 0.5) is 0 Å². The molecule has 1 heterocycles. The van der Waals surface area contributed by atoms with Gasteiger partial charge in [0.25, 0.3) is 0 Å². The number of hydrogen-bond donors (Lipinski definition) is 1. The highest BCUT2D eigenvalue weighted by molar-refractivity contribution is 4.90. The third kappa shape index (κ3) is 1.72. The van der Waals surface area contributed by atoms with Gasteiger partial charge in [-0.1, -0.05) is 12.8 Å². The van der Waals surface area contributed by atoms with Crippen LogP contribution in [-0.2, 0) is 6.54 Å². The van der Waals surface area contributed by atoms with Crippen molar-refractivity contribution in [3.63, 3.8) is 0 Å². The zero-order valence-corrected chi connectivity index (χ0v) is 8.03. The van der Waals surface area contributed by atoms with Crippen LogP contribution in [0.3, 0.4) is 0 Å². The topological polar surface area (TPSA) is 42.7 Å². The lowest BCUT2D eigenvalue weighted by atomic mass is 10.2. The molecule has 0 aliphatic heterocycles. The molecule has 1 aliphatic carbocycles. The van der Waals surface area contributed by atoms with Gasteiger partial charge in [0.2, 0.25) is 0 Å². The largest absolute Gasteiger partial charge is 0.313 e. The van der Waals surface area contributed by atoms with Crippen LogP contribution in [0, 0.1) is 0 Å². The fourth-order valence-corrected chi connectivity index (χ4v) is 2.04. The van der Waals surface area contributed by atoms with Gasteiger partial charge in [0.15, 0.2) is 0 Å². The van der Waals surface area contributed by atoms with E-state index >= 15 is 0 Å². The maximum atomic E-state index is 4.10. The van der Waals surface area contributed by atoms with Gasteiger partial charge in [-0.2, -0.15) is 0 Å². The molecule has 1 fully saturated rings. The van der Waals surface area contributed by atoms with E-state index in [1.807, 2.05) is 13.4 Å². The van der Waals surface area contributed by atoms with Crippen LogP contribution in [0.15, 0.2) is 6.33 Å². The minimum Gasteiger partial charge on any atom is -0.313 e. The Labute approximate surface area is 78.4 Å². The van der Waals surface area contributed by atoms with Gasteiger partial charge < -0.3 is 9.88 Å². The van der Waals surface area contributed by atoms with Crippen molar-refractivity contribution >= 4 is 0 Å². The van der Waals surface area contributed by atoms with E-state index < -0.39 is 0 Å². The lowest BCUT2D eigenvalue weighted by Crippen LogP contribution is -2.14. The van der Waals surface area contributed by atoms with Crippen molar-refractivity contribution in [1.82, 2.24) is 20.1 Å². The van der Waals surface area contributed by atoms with E-state index in [1.165, 1.54) is 25.7 Å². The summed E-state index contributed by atoms with van der Waals surface area (Å²) >= 11 is 0. The molecule has 0 spiro atoms. The molecule has 4 heteroatoms. The number of aromatic nitrogens is 3. The van der Waals surface area contributed by atoms with Crippen molar-refractivity contribution in [1.29, 1.82) is 0 Å². The van der Waals surface area contributed by atoms with Crippen LogP contribution >= 0.6 is 0 Å². The number of rotatable bonds is 3. The summed E-state index contributed by atoms with van der Waals surface area (Å²) in [5, 5.41) is 11.2. The molecule has 4 nitrogen and oxygen atoms in total.